The molecule has 4 aromatic heterocycles. The molecular weight excluding hydrogens is 647 g/mol. The van der Waals surface area contributed by atoms with Gasteiger partial charge in [-0.2, -0.15) is 0 Å². The van der Waals surface area contributed by atoms with Gasteiger partial charge < -0.3 is 48.7 Å². The first-order valence-corrected chi connectivity index (χ1v) is 18.3. The average molecular weight is 674 g/mol. The highest BCUT2D eigenvalue weighted by atomic mass is 32.5. The molecule has 0 radical (unpaired) electrons. The number of nitrogens with zero attached hydrogens (tertiary/aromatic N) is 7. The van der Waals surface area contributed by atoms with Gasteiger partial charge in [-0.25, -0.2) is 29.3 Å². The fourth-order valence-electron chi connectivity index (χ4n) is 5.78. The van der Waals surface area contributed by atoms with E-state index in [4.69, 9.17) is 57.9 Å². The minimum Gasteiger partial charge on any atom is -0.397 e. The summed E-state index contributed by atoms with van der Waals surface area (Å²) in [5.74, 6) is -0.554. The van der Waals surface area contributed by atoms with Crippen LogP contribution in [0.4, 0.5) is 15.9 Å². The largest absolute Gasteiger partial charge is 0.397 e. The lowest BCUT2D eigenvalue weighted by Crippen LogP contribution is -2.33. The summed E-state index contributed by atoms with van der Waals surface area (Å²) in [7, 11) is 0. The van der Waals surface area contributed by atoms with Crippen molar-refractivity contribution in [2.24, 2.45) is 5.92 Å². The van der Waals surface area contributed by atoms with E-state index in [1.54, 1.807) is 16.8 Å². The molecule has 0 aromatic carbocycles. The molecule has 2 aliphatic heterocycles. The quantitative estimate of drug-likeness (QED) is 0.224. The van der Waals surface area contributed by atoms with Crippen LogP contribution in [0.15, 0.2) is 31.2 Å². The van der Waals surface area contributed by atoms with Crippen LogP contribution in [0, 0.1) is 5.92 Å². The van der Waals surface area contributed by atoms with Gasteiger partial charge in [0.25, 0.3) is 0 Å². The standard InChI is InChI=1S/C22H26FN9O7P2S2/c23-16-12(31-8-30-18-20(25)27-7-28-22(18)31)3-10-5-35-40(33,42)38-13-4-15(32-9-29-17-11(24)1-2-26-21(17)32)37-14(13)6-36-41(34,43)39-19(10)16/h1-2,7-10,12-16,19H,3-6H2,(H2,24,26)(H,33,42)(H,34,43)(H2,25,27,28)/t10-,12-,13-,14-,15-,16?,19+,40?,41?/m1/s1. The molecule has 1 aliphatic carbocycles. The summed E-state index contributed by atoms with van der Waals surface area (Å²) >= 11 is 10.6. The highest BCUT2D eigenvalue weighted by Crippen LogP contribution is 2.55. The molecule has 6 N–H and O–H groups in total. The number of rotatable bonds is 2. The lowest BCUT2D eigenvalue weighted by molar-refractivity contribution is -0.0461. The van der Waals surface area contributed by atoms with Crippen molar-refractivity contribution in [2.75, 3.05) is 24.7 Å². The van der Waals surface area contributed by atoms with Crippen molar-refractivity contribution in [3.8, 4) is 0 Å². The molecule has 7 rings (SSSR count). The third kappa shape index (κ3) is 5.46. The Bertz CT molecular complexity index is 1800. The van der Waals surface area contributed by atoms with Gasteiger partial charge in [0.2, 0.25) is 0 Å². The molecule has 3 aliphatic rings. The van der Waals surface area contributed by atoms with Crippen LogP contribution in [-0.4, -0.2) is 81.5 Å². The summed E-state index contributed by atoms with van der Waals surface area (Å²) < 4.78 is 48.5. The van der Waals surface area contributed by atoms with E-state index in [2.05, 4.69) is 24.9 Å². The Morgan fingerprint density at radius 3 is 2.44 bits per heavy atom. The minimum absolute atomic E-state index is 0.146. The van der Waals surface area contributed by atoms with Crippen molar-refractivity contribution >= 4 is 70.9 Å². The van der Waals surface area contributed by atoms with Crippen molar-refractivity contribution in [3.63, 3.8) is 0 Å². The number of alkyl halides is 1. The van der Waals surface area contributed by atoms with Crippen molar-refractivity contribution in [3.05, 3.63) is 31.2 Å². The Morgan fingerprint density at radius 1 is 0.884 bits per heavy atom. The number of hydrogen-bond donors (Lipinski definition) is 4. The summed E-state index contributed by atoms with van der Waals surface area (Å²) in [6.45, 7) is -8.42. The van der Waals surface area contributed by atoms with E-state index in [0.29, 0.717) is 28.0 Å². The molecule has 1 saturated carbocycles. The summed E-state index contributed by atoms with van der Waals surface area (Å²) in [5.41, 5.74) is 14.0. The van der Waals surface area contributed by atoms with E-state index in [1.165, 1.54) is 23.5 Å². The Labute approximate surface area is 253 Å². The fourth-order valence-corrected chi connectivity index (χ4v) is 8.77. The van der Waals surface area contributed by atoms with E-state index in [0.717, 1.165) is 0 Å². The van der Waals surface area contributed by atoms with Crippen molar-refractivity contribution in [2.45, 2.75) is 49.6 Å². The number of nitrogens with two attached hydrogens (primary N) is 2. The van der Waals surface area contributed by atoms with Gasteiger partial charge in [-0.15, -0.1) is 0 Å². The fraction of sp³-hybridized carbons (Fsp3) is 0.500. The van der Waals surface area contributed by atoms with Gasteiger partial charge in [-0.1, -0.05) is 0 Å². The predicted octanol–water partition coefficient (Wildman–Crippen LogP) is 1.87. The van der Waals surface area contributed by atoms with Crippen LogP contribution in [0.1, 0.15) is 25.1 Å². The maximum Gasteiger partial charge on any atom is 0.324 e. The SMILES string of the molecule is Nc1ncnc2c1ncn2[C@@H]1C[C@@H]2COP(O)(=S)O[C@@H]3C[C@H](n4cnc5c(N)ccnc54)O[C@@H]3COP(O)(=S)O[C@@H]2C1F. The first kappa shape index (κ1) is 29.4. The maximum atomic E-state index is 16.1. The first-order chi connectivity index (χ1) is 20.5. The van der Waals surface area contributed by atoms with E-state index in [9.17, 15) is 9.79 Å². The topological polar surface area (TPSA) is 213 Å². The zero-order chi connectivity index (χ0) is 30.1. The summed E-state index contributed by atoms with van der Waals surface area (Å²) in [6.07, 6.45) is 0.778. The zero-order valence-corrected chi connectivity index (χ0v) is 25.5. The van der Waals surface area contributed by atoms with Gasteiger partial charge in [0, 0.05) is 18.5 Å². The molecule has 2 saturated heterocycles. The van der Waals surface area contributed by atoms with E-state index < -0.39 is 56.1 Å². The van der Waals surface area contributed by atoms with Crippen LogP contribution < -0.4 is 11.5 Å². The number of imidazole rings is 2. The highest BCUT2D eigenvalue weighted by Gasteiger charge is 2.50. The normalized spacial score (nSPS) is 37.1. The average Bonchev–Trinajstić information content (AvgIpc) is 3.72. The number of aromatic nitrogens is 7. The van der Waals surface area contributed by atoms with Gasteiger partial charge in [0.15, 0.2) is 17.1 Å². The van der Waals surface area contributed by atoms with E-state index in [-0.39, 0.29) is 31.9 Å². The number of fused-ring (bicyclic) bond motifs is 4. The molecule has 16 nitrogen and oxygen atoms in total. The zero-order valence-electron chi connectivity index (χ0n) is 22.1. The Morgan fingerprint density at radius 2 is 1.60 bits per heavy atom. The monoisotopic (exact) mass is 673 g/mol. The minimum atomic E-state index is -4.01. The molecule has 3 fully saturated rings. The van der Waals surface area contributed by atoms with Crippen LogP contribution in [-0.2, 0) is 46.4 Å². The van der Waals surface area contributed by atoms with Gasteiger partial charge in [0.1, 0.15) is 42.0 Å². The van der Waals surface area contributed by atoms with Gasteiger partial charge in [0.05, 0.1) is 43.7 Å². The van der Waals surface area contributed by atoms with Crippen molar-refractivity contribution < 1.29 is 37.0 Å². The summed E-state index contributed by atoms with van der Waals surface area (Å²) in [6, 6.07) is 0.792. The second-order valence-corrected chi connectivity index (χ2v) is 16.0. The van der Waals surface area contributed by atoms with Crippen LogP contribution in [0.3, 0.4) is 0 Å². The van der Waals surface area contributed by atoms with Gasteiger partial charge in [-0.05, 0) is 36.1 Å². The van der Waals surface area contributed by atoms with Crippen LogP contribution >= 0.6 is 13.4 Å². The molecular formula is C22H26FN9O7P2S2. The van der Waals surface area contributed by atoms with E-state index in [1.807, 2.05) is 0 Å². The number of hydrogen-bond acceptors (Lipinski definition) is 14. The molecule has 21 heteroatoms. The molecule has 0 bridgehead atoms. The van der Waals surface area contributed by atoms with Gasteiger partial charge >= 0.3 is 13.4 Å². The number of pyridine rings is 1. The summed E-state index contributed by atoms with van der Waals surface area (Å²) in [4.78, 5) is 43.1. The second-order valence-electron chi connectivity index (χ2n) is 10.4. The maximum absolute atomic E-state index is 16.1. The van der Waals surface area contributed by atoms with Crippen molar-refractivity contribution in [1.29, 1.82) is 0 Å². The predicted molar refractivity (Wildman–Crippen MR) is 157 cm³/mol. The molecule has 9 atom stereocenters. The second kappa shape index (κ2) is 11.0. The number of ether oxygens (including phenoxy) is 1. The van der Waals surface area contributed by atoms with Crippen molar-refractivity contribution in [1.82, 2.24) is 34.1 Å². The third-order valence-electron chi connectivity index (χ3n) is 7.79. The first-order valence-electron chi connectivity index (χ1n) is 13.1. The Balaban J connectivity index is 1.15. The lowest BCUT2D eigenvalue weighted by Gasteiger charge is -2.30. The number of anilines is 2. The lowest BCUT2D eigenvalue weighted by atomic mass is 10.1. The smallest absolute Gasteiger partial charge is 0.324 e. The Hall–Kier alpha value is -2.28. The molecule has 43 heavy (non-hydrogen) atoms. The third-order valence-corrected chi connectivity index (χ3v) is 10.9. The molecule has 230 valence electrons. The summed E-state index contributed by atoms with van der Waals surface area (Å²) in [5, 5.41) is 0. The highest BCUT2D eigenvalue weighted by molar-refractivity contribution is 8.07. The van der Waals surface area contributed by atoms with E-state index >= 15 is 4.39 Å². The molecule has 0 amide bonds. The Kier molecular flexibility index (Phi) is 7.50. The number of halogens is 1. The molecule has 4 aromatic rings. The molecule has 0 spiro atoms. The molecule has 6 heterocycles. The molecule has 3 unspecified atom stereocenters. The van der Waals surface area contributed by atoms with Crippen LogP contribution in [0.5, 0.6) is 0 Å². The van der Waals surface area contributed by atoms with Gasteiger partial charge in [-0.3, -0.25) is 4.57 Å². The van der Waals surface area contributed by atoms with Crippen LogP contribution in [0.25, 0.3) is 22.3 Å². The van der Waals surface area contributed by atoms with Crippen LogP contribution in [0.2, 0.25) is 0 Å². The number of nitrogen functional groups attached to an aromatic ring is 2.